The Morgan fingerprint density at radius 3 is 1.87 bits per heavy atom. The summed E-state index contributed by atoms with van der Waals surface area (Å²) in [7, 11) is 1.41. The summed E-state index contributed by atoms with van der Waals surface area (Å²) >= 11 is 0. The fourth-order valence-electron chi connectivity index (χ4n) is 3.07. The van der Waals surface area contributed by atoms with Gasteiger partial charge in [0.25, 0.3) is 0 Å². The summed E-state index contributed by atoms with van der Waals surface area (Å²) in [6.07, 6.45) is 6.96. The number of rotatable bonds is 11. The number of aliphatic hydroxyl groups excluding tert-OH is 2. The van der Waals surface area contributed by atoms with Gasteiger partial charge in [-0.15, -0.1) is 0 Å². The number of hydrogen-bond donors (Lipinski definition) is 2. The maximum Gasteiger partial charge on any atom is 0.305 e. The second-order valence-electron chi connectivity index (χ2n) is 6.38. The molecule has 0 aliphatic carbocycles. The fraction of sp³-hybridized carbons (Fsp3) is 0.882. The number of methoxy groups -OCH3 is 1. The van der Waals surface area contributed by atoms with E-state index in [9.17, 15) is 19.8 Å². The quantitative estimate of drug-likeness (QED) is 0.441. The van der Waals surface area contributed by atoms with Crippen LogP contribution in [0.1, 0.15) is 51.4 Å². The van der Waals surface area contributed by atoms with Crippen LogP contribution >= 0.6 is 0 Å². The Hall–Kier alpha value is -1.14. The topological polar surface area (TPSA) is 87.1 Å². The largest absolute Gasteiger partial charge is 0.469 e. The molecule has 2 N–H and O–H groups in total. The van der Waals surface area contributed by atoms with Crippen LogP contribution in [-0.2, 0) is 14.3 Å². The highest BCUT2D eigenvalue weighted by atomic mass is 16.5. The number of carbonyl (C=O) groups is 2. The molecule has 0 saturated carbocycles. The maximum atomic E-state index is 12.1. The Labute approximate surface area is 138 Å². The van der Waals surface area contributed by atoms with Gasteiger partial charge in [0.15, 0.2) is 0 Å². The van der Waals surface area contributed by atoms with Crippen LogP contribution in [0.4, 0.5) is 0 Å². The van der Waals surface area contributed by atoms with E-state index in [4.69, 9.17) is 0 Å². The van der Waals surface area contributed by atoms with Crippen molar-refractivity contribution >= 4 is 11.9 Å². The molecule has 0 aromatic carbocycles. The van der Waals surface area contributed by atoms with Gasteiger partial charge < -0.3 is 19.8 Å². The van der Waals surface area contributed by atoms with E-state index in [0.29, 0.717) is 25.9 Å². The van der Waals surface area contributed by atoms with E-state index in [2.05, 4.69) is 4.74 Å². The van der Waals surface area contributed by atoms with Gasteiger partial charge in [-0.3, -0.25) is 9.59 Å². The van der Waals surface area contributed by atoms with E-state index in [1.54, 1.807) is 4.90 Å². The lowest BCUT2D eigenvalue weighted by Crippen LogP contribution is -2.29. The first-order valence-electron chi connectivity index (χ1n) is 8.68. The van der Waals surface area contributed by atoms with Crippen molar-refractivity contribution in [3.05, 3.63) is 0 Å². The Balaban J connectivity index is 2.03. The molecular formula is C17H31NO5. The number of hydrogen-bond acceptors (Lipinski definition) is 5. The van der Waals surface area contributed by atoms with Gasteiger partial charge in [-0.1, -0.05) is 25.7 Å². The van der Waals surface area contributed by atoms with E-state index in [-0.39, 0.29) is 36.9 Å². The zero-order chi connectivity index (χ0) is 17.1. The van der Waals surface area contributed by atoms with Crippen molar-refractivity contribution in [2.75, 3.05) is 33.4 Å². The minimum atomic E-state index is -0.149. The number of unbranched alkanes of at least 4 members (excludes halogenated alkanes) is 5. The predicted molar refractivity (Wildman–Crippen MR) is 86.7 cm³/mol. The van der Waals surface area contributed by atoms with Crippen LogP contribution in [0.15, 0.2) is 0 Å². The van der Waals surface area contributed by atoms with Gasteiger partial charge in [-0.25, -0.2) is 0 Å². The fourth-order valence-corrected chi connectivity index (χ4v) is 3.07. The van der Waals surface area contributed by atoms with E-state index >= 15 is 0 Å². The molecule has 1 amide bonds. The number of esters is 1. The van der Waals surface area contributed by atoms with Crippen LogP contribution in [0.25, 0.3) is 0 Å². The Morgan fingerprint density at radius 2 is 1.39 bits per heavy atom. The van der Waals surface area contributed by atoms with Gasteiger partial charge in [-0.2, -0.15) is 0 Å². The standard InChI is InChI=1S/C17H31NO5/c1-23-17(22)9-7-5-3-2-4-6-8-16(21)18-10-14(12-19)15(11-18)13-20/h14-15,19-20H,2-13H2,1H3. The zero-order valence-electron chi connectivity index (χ0n) is 14.2. The summed E-state index contributed by atoms with van der Waals surface area (Å²) in [5.41, 5.74) is 0. The number of amides is 1. The second kappa shape index (κ2) is 11.4. The summed E-state index contributed by atoms with van der Waals surface area (Å²) in [6.45, 7) is 1.18. The van der Waals surface area contributed by atoms with Crippen LogP contribution in [-0.4, -0.2) is 60.4 Å². The van der Waals surface area contributed by atoms with Crippen LogP contribution in [0, 0.1) is 11.8 Å². The summed E-state index contributed by atoms with van der Waals surface area (Å²) in [5, 5.41) is 18.5. The molecule has 1 saturated heterocycles. The third-order valence-corrected chi connectivity index (χ3v) is 4.65. The predicted octanol–water partition coefficient (Wildman–Crippen LogP) is 1.34. The van der Waals surface area contributed by atoms with E-state index in [1.165, 1.54) is 7.11 Å². The number of likely N-dealkylation sites (tertiary alicyclic amines) is 1. The maximum absolute atomic E-state index is 12.1. The zero-order valence-corrected chi connectivity index (χ0v) is 14.2. The summed E-state index contributed by atoms with van der Waals surface area (Å²) in [5.74, 6) is 0.00573. The molecule has 0 aromatic rings. The van der Waals surface area contributed by atoms with Gasteiger partial charge in [0.05, 0.1) is 7.11 Å². The van der Waals surface area contributed by atoms with Crippen molar-refractivity contribution in [2.45, 2.75) is 51.4 Å². The Morgan fingerprint density at radius 1 is 0.913 bits per heavy atom. The van der Waals surface area contributed by atoms with Crippen molar-refractivity contribution in [3.8, 4) is 0 Å². The molecule has 6 heteroatoms. The second-order valence-corrected chi connectivity index (χ2v) is 6.38. The first-order chi connectivity index (χ1) is 11.1. The van der Waals surface area contributed by atoms with Crippen molar-refractivity contribution < 1.29 is 24.5 Å². The first kappa shape index (κ1) is 19.9. The molecule has 134 valence electrons. The van der Waals surface area contributed by atoms with Gasteiger partial charge in [-0.05, 0) is 12.8 Å². The van der Waals surface area contributed by atoms with E-state index < -0.39 is 0 Å². The Kier molecular flexibility index (Phi) is 9.87. The third-order valence-electron chi connectivity index (χ3n) is 4.65. The lowest BCUT2D eigenvalue weighted by molar-refractivity contribution is -0.140. The average molecular weight is 329 g/mol. The highest BCUT2D eigenvalue weighted by molar-refractivity contribution is 5.76. The molecule has 1 fully saturated rings. The molecule has 1 rings (SSSR count). The van der Waals surface area contributed by atoms with Crippen molar-refractivity contribution in [1.82, 2.24) is 4.90 Å². The SMILES string of the molecule is COC(=O)CCCCCCCCC(=O)N1CC(CO)C(CO)C1. The highest BCUT2D eigenvalue weighted by Gasteiger charge is 2.33. The van der Waals surface area contributed by atoms with Gasteiger partial charge in [0.2, 0.25) is 5.91 Å². The molecule has 23 heavy (non-hydrogen) atoms. The van der Waals surface area contributed by atoms with Gasteiger partial charge >= 0.3 is 5.97 Å². The Bertz CT molecular complexity index is 349. The molecular weight excluding hydrogens is 298 g/mol. The molecule has 0 bridgehead atoms. The van der Waals surface area contributed by atoms with Crippen LogP contribution in [0.3, 0.4) is 0 Å². The summed E-state index contributed by atoms with van der Waals surface area (Å²) in [4.78, 5) is 24.8. The minimum Gasteiger partial charge on any atom is -0.469 e. The molecule has 0 spiro atoms. The van der Waals surface area contributed by atoms with E-state index in [1.807, 2.05) is 0 Å². The molecule has 2 atom stereocenters. The van der Waals surface area contributed by atoms with Gasteiger partial charge in [0.1, 0.15) is 0 Å². The third kappa shape index (κ3) is 7.31. The van der Waals surface area contributed by atoms with Crippen LogP contribution in [0.5, 0.6) is 0 Å². The summed E-state index contributed by atoms with van der Waals surface area (Å²) in [6, 6.07) is 0. The molecule has 1 aliphatic heterocycles. The van der Waals surface area contributed by atoms with Crippen molar-refractivity contribution in [3.63, 3.8) is 0 Å². The normalized spacial score (nSPS) is 20.7. The molecule has 1 aliphatic rings. The van der Waals surface area contributed by atoms with Gasteiger partial charge in [0, 0.05) is 51.0 Å². The number of ether oxygens (including phenoxy) is 1. The lowest BCUT2D eigenvalue weighted by atomic mass is 9.98. The minimum absolute atomic E-state index is 0.0127. The van der Waals surface area contributed by atoms with Crippen molar-refractivity contribution in [1.29, 1.82) is 0 Å². The van der Waals surface area contributed by atoms with Crippen molar-refractivity contribution in [2.24, 2.45) is 11.8 Å². The number of nitrogens with zero attached hydrogens (tertiary/aromatic N) is 1. The first-order valence-corrected chi connectivity index (χ1v) is 8.68. The number of aliphatic hydroxyl groups is 2. The summed E-state index contributed by atoms with van der Waals surface area (Å²) < 4.78 is 4.59. The van der Waals surface area contributed by atoms with Crippen LogP contribution in [0.2, 0.25) is 0 Å². The number of carbonyl (C=O) groups excluding carboxylic acids is 2. The van der Waals surface area contributed by atoms with Crippen LogP contribution < -0.4 is 0 Å². The molecule has 2 unspecified atom stereocenters. The molecule has 1 heterocycles. The monoisotopic (exact) mass is 329 g/mol. The van der Waals surface area contributed by atoms with E-state index in [0.717, 1.165) is 38.5 Å². The smallest absolute Gasteiger partial charge is 0.305 e. The highest BCUT2D eigenvalue weighted by Crippen LogP contribution is 2.23. The average Bonchev–Trinajstić information content (AvgIpc) is 3.00. The molecule has 6 nitrogen and oxygen atoms in total. The molecule has 0 aromatic heterocycles. The lowest BCUT2D eigenvalue weighted by Gasteiger charge is -2.16. The molecule has 0 radical (unpaired) electrons.